The zero-order valence-electron chi connectivity index (χ0n) is 11.3. The van der Waals surface area contributed by atoms with Gasteiger partial charge in [-0.25, -0.2) is 0 Å². The highest BCUT2D eigenvalue weighted by molar-refractivity contribution is 5.83. The minimum atomic E-state index is -0.00736. The van der Waals surface area contributed by atoms with Gasteiger partial charge in [0.2, 0.25) is 5.91 Å². The molecule has 0 aliphatic carbocycles. The van der Waals surface area contributed by atoms with Gasteiger partial charge in [0, 0.05) is 6.54 Å². The van der Waals surface area contributed by atoms with Crippen LogP contribution in [0.15, 0.2) is 0 Å². The molecule has 0 saturated carbocycles. The lowest BCUT2D eigenvalue weighted by Crippen LogP contribution is -2.55. The molecule has 0 aromatic heterocycles. The molecular formula is C14H26N2O. The number of nitrogens with zero attached hydrogens (tertiary/aromatic N) is 1. The molecule has 3 nitrogen and oxygen atoms in total. The van der Waals surface area contributed by atoms with Crippen LogP contribution in [-0.4, -0.2) is 37.0 Å². The van der Waals surface area contributed by atoms with Gasteiger partial charge in [-0.15, -0.1) is 0 Å². The Balaban J connectivity index is 1.75. The maximum atomic E-state index is 12.3. The molecule has 1 N–H and O–H groups in total. The van der Waals surface area contributed by atoms with E-state index in [1.165, 1.54) is 6.42 Å². The second kappa shape index (κ2) is 5.38. The summed E-state index contributed by atoms with van der Waals surface area (Å²) in [4.78, 5) is 14.8. The summed E-state index contributed by atoms with van der Waals surface area (Å²) in [5.74, 6) is 1.07. The summed E-state index contributed by atoms with van der Waals surface area (Å²) in [6.07, 6.45) is 5.54. The third-order valence-corrected chi connectivity index (χ3v) is 4.45. The molecule has 3 aliphatic rings. The van der Waals surface area contributed by atoms with Crippen LogP contribution in [0, 0.1) is 11.3 Å². The molecule has 3 fully saturated rings. The van der Waals surface area contributed by atoms with Crippen molar-refractivity contribution in [3.05, 3.63) is 0 Å². The van der Waals surface area contributed by atoms with E-state index < -0.39 is 0 Å². The molecule has 1 amide bonds. The second-order valence-corrected chi connectivity index (χ2v) is 6.16. The largest absolute Gasteiger partial charge is 0.356 e. The van der Waals surface area contributed by atoms with Crippen molar-refractivity contribution in [2.24, 2.45) is 11.3 Å². The summed E-state index contributed by atoms with van der Waals surface area (Å²) in [6.45, 7) is 8.70. The molecule has 0 spiro atoms. The zero-order chi connectivity index (χ0) is 12.3. The highest BCUT2D eigenvalue weighted by Crippen LogP contribution is 2.40. The fraction of sp³-hybridized carbons (Fsp3) is 0.929. The van der Waals surface area contributed by atoms with Crippen LogP contribution in [0.2, 0.25) is 0 Å². The number of carbonyl (C=O) groups is 1. The summed E-state index contributed by atoms with van der Waals surface area (Å²) >= 11 is 0. The van der Waals surface area contributed by atoms with E-state index >= 15 is 0 Å². The average Bonchev–Trinajstić information content (AvgIpc) is 2.36. The molecule has 0 aromatic rings. The summed E-state index contributed by atoms with van der Waals surface area (Å²) in [5, 5.41) is 3.17. The molecule has 0 radical (unpaired) electrons. The second-order valence-electron chi connectivity index (χ2n) is 6.16. The molecule has 3 rings (SSSR count). The smallest absolute Gasteiger partial charge is 0.226 e. The summed E-state index contributed by atoms with van der Waals surface area (Å²) < 4.78 is 0. The number of rotatable bonds is 5. The van der Waals surface area contributed by atoms with Crippen LogP contribution in [0.1, 0.15) is 46.0 Å². The van der Waals surface area contributed by atoms with Gasteiger partial charge in [-0.3, -0.25) is 4.79 Å². The Morgan fingerprint density at radius 1 is 1.24 bits per heavy atom. The van der Waals surface area contributed by atoms with E-state index in [0.717, 1.165) is 57.8 Å². The van der Waals surface area contributed by atoms with Gasteiger partial charge in [-0.2, -0.15) is 0 Å². The SMILES string of the molecule is CC(C)CCCNC(=O)C12CCN(CC1)CC2. The maximum absolute atomic E-state index is 12.3. The molecule has 17 heavy (non-hydrogen) atoms. The summed E-state index contributed by atoms with van der Waals surface area (Å²) in [6, 6.07) is 0. The van der Waals surface area contributed by atoms with E-state index in [1.807, 2.05) is 0 Å². The molecule has 3 aliphatic heterocycles. The first-order valence-corrected chi connectivity index (χ1v) is 7.13. The fourth-order valence-electron chi connectivity index (χ4n) is 3.07. The molecule has 3 heteroatoms. The third-order valence-electron chi connectivity index (χ3n) is 4.45. The number of carbonyl (C=O) groups excluding carboxylic acids is 1. The lowest BCUT2D eigenvalue weighted by atomic mass is 9.71. The lowest BCUT2D eigenvalue weighted by Gasteiger charge is -2.47. The zero-order valence-corrected chi connectivity index (χ0v) is 11.3. The van der Waals surface area contributed by atoms with Crippen LogP contribution >= 0.6 is 0 Å². The van der Waals surface area contributed by atoms with E-state index in [1.54, 1.807) is 0 Å². The molecule has 0 unspecified atom stereocenters. The number of fused-ring (bicyclic) bond motifs is 3. The Hall–Kier alpha value is -0.570. The first kappa shape index (κ1) is 12.9. The molecule has 3 heterocycles. The Kier molecular flexibility index (Phi) is 4.08. The van der Waals surface area contributed by atoms with Crippen LogP contribution < -0.4 is 5.32 Å². The van der Waals surface area contributed by atoms with Crippen molar-refractivity contribution in [1.82, 2.24) is 10.2 Å². The predicted octanol–water partition coefficient (Wildman–Crippen LogP) is 2.02. The number of amides is 1. The molecule has 3 saturated heterocycles. The van der Waals surface area contributed by atoms with E-state index in [4.69, 9.17) is 0 Å². The first-order valence-electron chi connectivity index (χ1n) is 7.13. The van der Waals surface area contributed by atoms with Crippen LogP contribution in [0.5, 0.6) is 0 Å². The summed E-state index contributed by atoms with van der Waals surface area (Å²) in [7, 11) is 0. The third kappa shape index (κ3) is 3.01. The van der Waals surface area contributed by atoms with Gasteiger partial charge in [0.05, 0.1) is 5.41 Å². The topological polar surface area (TPSA) is 32.3 Å². The van der Waals surface area contributed by atoms with Crippen molar-refractivity contribution in [2.45, 2.75) is 46.0 Å². The fourth-order valence-corrected chi connectivity index (χ4v) is 3.07. The van der Waals surface area contributed by atoms with Crippen molar-refractivity contribution in [2.75, 3.05) is 26.2 Å². The van der Waals surface area contributed by atoms with Crippen LogP contribution in [-0.2, 0) is 4.79 Å². The molecular weight excluding hydrogens is 212 g/mol. The Labute approximate surface area is 105 Å². The summed E-state index contributed by atoms with van der Waals surface area (Å²) in [5.41, 5.74) is -0.00736. The standard InChI is InChI=1S/C14H26N2O/c1-12(2)4-3-8-15-13(17)14-5-9-16(10-6-14)11-7-14/h12H,3-11H2,1-2H3,(H,15,17). The monoisotopic (exact) mass is 238 g/mol. The van der Waals surface area contributed by atoms with E-state index in [9.17, 15) is 4.79 Å². The van der Waals surface area contributed by atoms with Crippen molar-refractivity contribution < 1.29 is 4.79 Å². The molecule has 0 atom stereocenters. The Morgan fingerprint density at radius 2 is 1.82 bits per heavy atom. The van der Waals surface area contributed by atoms with E-state index in [0.29, 0.717) is 5.91 Å². The average molecular weight is 238 g/mol. The molecule has 2 bridgehead atoms. The van der Waals surface area contributed by atoms with Crippen LogP contribution in [0.3, 0.4) is 0 Å². The van der Waals surface area contributed by atoms with E-state index in [-0.39, 0.29) is 5.41 Å². The highest BCUT2D eigenvalue weighted by atomic mass is 16.2. The quantitative estimate of drug-likeness (QED) is 0.743. The minimum Gasteiger partial charge on any atom is -0.356 e. The van der Waals surface area contributed by atoms with Crippen molar-refractivity contribution >= 4 is 5.91 Å². The van der Waals surface area contributed by atoms with E-state index in [2.05, 4.69) is 24.1 Å². The van der Waals surface area contributed by atoms with Crippen LogP contribution in [0.4, 0.5) is 0 Å². The van der Waals surface area contributed by atoms with Gasteiger partial charge < -0.3 is 10.2 Å². The number of piperidine rings is 3. The molecule has 0 aromatic carbocycles. The highest BCUT2D eigenvalue weighted by Gasteiger charge is 2.44. The van der Waals surface area contributed by atoms with Gasteiger partial charge in [-0.1, -0.05) is 13.8 Å². The number of hydrogen-bond acceptors (Lipinski definition) is 2. The van der Waals surface area contributed by atoms with Gasteiger partial charge in [0.1, 0.15) is 0 Å². The van der Waals surface area contributed by atoms with Crippen molar-refractivity contribution in [3.8, 4) is 0 Å². The van der Waals surface area contributed by atoms with Gasteiger partial charge in [-0.05, 0) is 57.7 Å². The first-order chi connectivity index (χ1) is 8.12. The Bertz CT molecular complexity index is 254. The maximum Gasteiger partial charge on any atom is 0.226 e. The minimum absolute atomic E-state index is 0.00736. The predicted molar refractivity (Wildman–Crippen MR) is 69.8 cm³/mol. The van der Waals surface area contributed by atoms with Gasteiger partial charge >= 0.3 is 0 Å². The Morgan fingerprint density at radius 3 is 2.35 bits per heavy atom. The van der Waals surface area contributed by atoms with Crippen LogP contribution in [0.25, 0.3) is 0 Å². The van der Waals surface area contributed by atoms with Gasteiger partial charge in [0.25, 0.3) is 0 Å². The van der Waals surface area contributed by atoms with Gasteiger partial charge in [0.15, 0.2) is 0 Å². The van der Waals surface area contributed by atoms with Crippen molar-refractivity contribution in [3.63, 3.8) is 0 Å². The van der Waals surface area contributed by atoms with Crippen molar-refractivity contribution in [1.29, 1.82) is 0 Å². The normalized spacial score (nSPS) is 31.8. The lowest BCUT2D eigenvalue weighted by molar-refractivity contribution is -0.138. The number of hydrogen-bond donors (Lipinski definition) is 1. The molecule has 98 valence electrons. The number of nitrogens with one attached hydrogen (secondary N) is 1.